The molecule has 2 atom stereocenters. The molecular weight excluding hydrogens is 442 g/mol. The molecular formula is C21H26F6N2O3. The predicted octanol–water partition coefficient (Wildman–Crippen LogP) is 4.54. The Morgan fingerprint density at radius 1 is 0.969 bits per heavy atom. The van der Waals surface area contributed by atoms with Crippen molar-refractivity contribution < 1.29 is 40.6 Å². The van der Waals surface area contributed by atoms with E-state index >= 15 is 0 Å². The van der Waals surface area contributed by atoms with Gasteiger partial charge >= 0.3 is 12.4 Å². The second kappa shape index (κ2) is 9.86. The number of methoxy groups -OCH3 is 1. The Hall–Kier alpha value is -2.01. The third-order valence-electron chi connectivity index (χ3n) is 5.94. The van der Waals surface area contributed by atoms with Crippen molar-refractivity contribution in [1.82, 2.24) is 10.6 Å². The van der Waals surface area contributed by atoms with Crippen LogP contribution in [-0.2, 0) is 17.1 Å². The highest BCUT2D eigenvalue weighted by Crippen LogP contribution is 2.41. The molecule has 1 amide bonds. The fourth-order valence-electron chi connectivity index (χ4n) is 4.31. The van der Waals surface area contributed by atoms with Gasteiger partial charge in [0.05, 0.1) is 23.8 Å². The second-order valence-corrected chi connectivity index (χ2v) is 8.12. The maximum atomic E-state index is 13.6. The third-order valence-corrected chi connectivity index (χ3v) is 5.94. The van der Waals surface area contributed by atoms with Gasteiger partial charge in [-0.2, -0.15) is 26.3 Å². The van der Waals surface area contributed by atoms with Crippen molar-refractivity contribution in [2.75, 3.05) is 20.3 Å². The van der Waals surface area contributed by atoms with Crippen LogP contribution < -0.4 is 15.4 Å². The lowest BCUT2D eigenvalue weighted by molar-refractivity contribution is -0.143. The number of hydrogen-bond acceptors (Lipinski definition) is 4. The van der Waals surface area contributed by atoms with Crippen molar-refractivity contribution in [1.29, 1.82) is 0 Å². The molecule has 32 heavy (non-hydrogen) atoms. The Kier molecular flexibility index (Phi) is 7.59. The van der Waals surface area contributed by atoms with E-state index in [1.54, 1.807) is 0 Å². The highest BCUT2D eigenvalue weighted by atomic mass is 19.4. The molecule has 0 unspecified atom stereocenters. The van der Waals surface area contributed by atoms with Gasteiger partial charge in [0.2, 0.25) is 0 Å². The lowest BCUT2D eigenvalue weighted by Crippen LogP contribution is -2.55. The third kappa shape index (κ3) is 5.86. The van der Waals surface area contributed by atoms with E-state index in [0.717, 1.165) is 39.2 Å². The average molecular weight is 468 g/mol. The van der Waals surface area contributed by atoms with Crippen LogP contribution >= 0.6 is 0 Å². The van der Waals surface area contributed by atoms with Crippen molar-refractivity contribution >= 4 is 5.91 Å². The number of alkyl halides is 6. The molecule has 1 aromatic rings. The number of carbonyl (C=O) groups excluding carboxylic acids is 1. The second-order valence-electron chi connectivity index (χ2n) is 8.12. The van der Waals surface area contributed by atoms with Crippen LogP contribution in [0.4, 0.5) is 26.3 Å². The van der Waals surface area contributed by atoms with Crippen molar-refractivity contribution in [3.05, 3.63) is 28.8 Å². The molecule has 1 aromatic carbocycles. The number of carbonyl (C=O) groups is 1. The molecule has 2 fully saturated rings. The van der Waals surface area contributed by atoms with E-state index in [0.29, 0.717) is 25.7 Å². The summed E-state index contributed by atoms with van der Waals surface area (Å²) in [6.45, 7) is 1.22. The maximum Gasteiger partial charge on any atom is 0.417 e. The largest absolute Gasteiger partial charge is 0.496 e. The Morgan fingerprint density at radius 3 is 2.16 bits per heavy atom. The van der Waals surface area contributed by atoms with Gasteiger partial charge in [-0.05, 0) is 37.8 Å². The summed E-state index contributed by atoms with van der Waals surface area (Å²) in [6.07, 6.45) is -5.63. The summed E-state index contributed by atoms with van der Waals surface area (Å²) < 4.78 is 90.3. The fraction of sp³-hybridized carbons (Fsp3) is 0.667. The molecule has 1 saturated heterocycles. The van der Waals surface area contributed by atoms with Crippen molar-refractivity contribution in [3.8, 4) is 5.75 Å². The van der Waals surface area contributed by atoms with Gasteiger partial charge in [-0.3, -0.25) is 4.79 Å². The van der Waals surface area contributed by atoms with Gasteiger partial charge < -0.3 is 20.1 Å². The van der Waals surface area contributed by atoms with E-state index in [4.69, 9.17) is 9.47 Å². The van der Waals surface area contributed by atoms with Gasteiger partial charge in [0.1, 0.15) is 5.75 Å². The summed E-state index contributed by atoms with van der Waals surface area (Å²) in [7, 11) is 0.933. The lowest BCUT2D eigenvalue weighted by Gasteiger charge is -2.37. The van der Waals surface area contributed by atoms with Gasteiger partial charge in [0.25, 0.3) is 5.91 Å². The molecule has 0 aromatic heterocycles. The number of rotatable bonds is 5. The number of ether oxygens (including phenoxy) is 2. The fourth-order valence-corrected chi connectivity index (χ4v) is 4.31. The Bertz CT molecular complexity index is 806. The summed E-state index contributed by atoms with van der Waals surface area (Å²) in [4.78, 5) is 12.9. The first kappa shape index (κ1) is 24.6. The van der Waals surface area contributed by atoms with Gasteiger partial charge in [-0.25, -0.2) is 0 Å². The zero-order valence-corrected chi connectivity index (χ0v) is 17.5. The normalized spacial score (nSPS) is 23.1. The van der Waals surface area contributed by atoms with Crippen LogP contribution in [0.15, 0.2) is 12.1 Å². The summed E-state index contributed by atoms with van der Waals surface area (Å²) in [5.74, 6) is -1.87. The van der Waals surface area contributed by atoms with E-state index in [2.05, 4.69) is 10.6 Å². The van der Waals surface area contributed by atoms with E-state index in [1.807, 2.05) is 0 Å². The number of hydrogen-bond donors (Lipinski definition) is 2. The molecule has 3 rings (SSSR count). The predicted molar refractivity (Wildman–Crippen MR) is 103 cm³/mol. The Morgan fingerprint density at radius 2 is 1.59 bits per heavy atom. The minimum absolute atomic E-state index is 0.0456. The minimum atomic E-state index is -5.17. The standard InChI is InChI=1S/C21H26F6N2O3/c1-31-17-11-12(20(22,23)24)10-14(21(25,26)27)18(17)19(30)29-16-5-3-2-4-15(16)28-13-6-8-32-9-7-13/h10-11,13,15-16,28H,2-9H2,1H3,(H,29,30)/t15-,16+/m0/s1. The molecule has 1 aliphatic carbocycles. The molecule has 1 heterocycles. The highest BCUT2D eigenvalue weighted by molar-refractivity contribution is 5.99. The molecule has 0 radical (unpaired) electrons. The number of halogens is 6. The lowest BCUT2D eigenvalue weighted by atomic mass is 9.88. The van der Waals surface area contributed by atoms with Crippen LogP contribution in [0, 0.1) is 0 Å². The topological polar surface area (TPSA) is 59.6 Å². The Balaban J connectivity index is 1.88. The Labute approximate surface area is 181 Å². The molecule has 2 aliphatic rings. The monoisotopic (exact) mass is 468 g/mol. The summed E-state index contributed by atoms with van der Waals surface area (Å²) in [6, 6.07) is -0.0471. The number of benzene rings is 1. The van der Waals surface area contributed by atoms with Gasteiger partial charge in [0, 0.05) is 31.3 Å². The summed E-state index contributed by atoms with van der Waals surface area (Å²) in [5.41, 5.74) is -4.15. The van der Waals surface area contributed by atoms with E-state index < -0.39 is 46.7 Å². The molecule has 11 heteroatoms. The molecule has 1 saturated carbocycles. The van der Waals surface area contributed by atoms with Crippen LogP contribution in [0.3, 0.4) is 0 Å². The van der Waals surface area contributed by atoms with Gasteiger partial charge in [-0.15, -0.1) is 0 Å². The van der Waals surface area contributed by atoms with E-state index in [1.165, 1.54) is 0 Å². The zero-order chi connectivity index (χ0) is 23.5. The summed E-state index contributed by atoms with van der Waals surface area (Å²) in [5, 5.41) is 6.10. The van der Waals surface area contributed by atoms with Crippen molar-refractivity contribution in [2.45, 2.75) is 69.0 Å². The molecule has 0 spiro atoms. The molecule has 1 aliphatic heterocycles. The maximum absolute atomic E-state index is 13.6. The summed E-state index contributed by atoms with van der Waals surface area (Å²) >= 11 is 0. The van der Waals surface area contributed by atoms with Crippen LogP contribution in [0.2, 0.25) is 0 Å². The van der Waals surface area contributed by atoms with Crippen LogP contribution in [-0.4, -0.2) is 44.4 Å². The quantitative estimate of drug-likeness (QED) is 0.623. The number of nitrogens with one attached hydrogen (secondary N) is 2. The molecule has 180 valence electrons. The van der Waals surface area contributed by atoms with Gasteiger partial charge in [-0.1, -0.05) is 12.8 Å². The van der Waals surface area contributed by atoms with Crippen LogP contribution in [0.5, 0.6) is 5.75 Å². The van der Waals surface area contributed by atoms with Crippen molar-refractivity contribution in [3.63, 3.8) is 0 Å². The molecule has 0 bridgehead atoms. The van der Waals surface area contributed by atoms with Gasteiger partial charge in [0.15, 0.2) is 0 Å². The zero-order valence-electron chi connectivity index (χ0n) is 17.5. The first-order valence-electron chi connectivity index (χ1n) is 10.5. The SMILES string of the molecule is COc1cc(C(F)(F)F)cc(C(F)(F)F)c1C(=O)N[C@@H]1CCCC[C@@H]1NC1CCOCC1. The molecule has 2 N–H and O–H groups in total. The van der Waals surface area contributed by atoms with E-state index in [9.17, 15) is 31.1 Å². The highest BCUT2D eigenvalue weighted by Gasteiger charge is 2.42. The van der Waals surface area contributed by atoms with Crippen LogP contribution in [0.1, 0.15) is 60.0 Å². The van der Waals surface area contributed by atoms with Crippen molar-refractivity contribution in [2.24, 2.45) is 0 Å². The average Bonchev–Trinajstić information content (AvgIpc) is 2.73. The molecule has 5 nitrogen and oxygen atoms in total. The first-order valence-corrected chi connectivity index (χ1v) is 10.5. The smallest absolute Gasteiger partial charge is 0.417 e. The minimum Gasteiger partial charge on any atom is -0.496 e. The van der Waals surface area contributed by atoms with Crippen LogP contribution in [0.25, 0.3) is 0 Å². The van der Waals surface area contributed by atoms with E-state index in [-0.39, 0.29) is 18.2 Å². The number of amides is 1. The first-order chi connectivity index (χ1) is 15.0.